The van der Waals surface area contributed by atoms with Gasteiger partial charge in [-0.3, -0.25) is 6.08 Å². The molecule has 7 rings (SSSR count). The fourth-order valence-corrected chi connectivity index (χ4v) is 5.80. The van der Waals surface area contributed by atoms with Gasteiger partial charge < -0.3 is 24.8 Å². The summed E-state index contributed by atoms with van der Waals surface area (Å²) < 4.78 is 1.80. The van der Waals surface area contributed by atoms with Crippen molar-refractivity contribution in [3.63, 3.8) is 0 Å². The average Bonchev–Trinajstić information content (AvgIpc) is 3.57. The Morgan fingerprint density at radius 1 is 0.657 bits per heavy atom. The molecule has 0 aliphatic heterocycles. The molecule has 0 atom stereocenters. The predicted octanol–water partition coefficient (Wildman–Crippen LogP) is 3.00. The van der Waals surface area contributed by atoms with Gasteiger partial charge in [0.2, 0.25) is 0 Å². The molecule has 0 unspecified atom stereocenters. The summed E-state index contributed by atoms with van der Waals surface area (Å²) in [6.45, 7) is 0. The van der Waals surface area contributed by atoms with Gasteiger partial charge in [-0.05, 0) is 10.8 Å². The number of benzene rings is 4. The minimum atomic E-state index is 0. The van der Waals surface area contributed by atoms with Crippen molar-refractivity contribution in [2.45, 2.75) is 38.5 Å². The Morgan fingerprint density at radius 2 is 1.23 bits per heavy atom. The minimum absolute atomic E-state index is 0. The second-order valence-corrected chi connectivity index (χ2v) is 10.5. The zero-order valence-electron chi connectivity index (χ0n) is 19.7. The summed E-state index contributed by atoms with van der Waals surface area (Å²) in [5, 5.41) is 10.8. The molecule has 0 bridgehead atoms. The Hall–Kier alpha value is -1.92. The zero-order chi connectivity index (χ0) is 22.5. The molecule has 0 spiro atoms. The predicted molar refractivity (Wildman–Crippen MR) is 142 cm³/mol. The monoisotopic (exact) mass is 572 g/mol. The topological polar surface area (TPSA) is 0 Å². The Labute approximate surface area is 235 Å². The van der Waals surface area contributed by atoms with E-state index in [1.807, 2.05) is 12.2 Å². The molecule has 5 aromatic rings. The molecule has 0 heterocycles. The molecule has 0 N–H and O–H groups in total. The normalized spacial score (nSPS) is 14.2. The van der Waals surface area contributed by atoms with Crippen LogP contribution in [0.2, 0.25) is 0 Å². The van der Waals surface area contributed by atoms with Crippen LogP contribution in [-0.4, -0.2) is 3.21 Å². The van der Waals surface area contributed by atoms with Gasteiger partial charge in [-0.1, -0.05) is 77.5 Å². The molecule has 2 aliphatic carbocycles. The summed E-state index contributed by atoms with van der Waals surface area (Å²) in [5.74, 6) is 0. The van der Waals surface area contributed by atoms with E-state index in [-0.39, 0.29) is 24.8 Å². The Morgan fingerprint density at radius 3 is 1.77 bits per heavy atom. The molecule has 3 heteroatoms. The maximum absolute atomic E-state index is 2.99. The van der Waals surface area contributed by atoms with Crippen LogP contribution in [0.25, 0.3) is 43.1 Å². The minimum Gasteiger partial charge on any atom is -0.126 e. The summed E-state index contributed by atoms with van der Waals surface area (Å²) in [5.41, 5.74) is 0. The number of halogens is 2. The van der Waals surface area contributed by atoms with E-state index < -0.39 is 0 Å². The van der Waals surface area contributed by atoms with Gasteiger partial charge in [-0.15, -0.1) is 40.1 Å². The van der Waals surface area contributed by atoms with Crippen LogP contribution in [0.5, 0.6) is 0 Å². The van der Waals surface area contributed by atoms with Gasteiger partial charge in [-0.25, -0.2) is 12.2 Å². The molecular formula is C32H28Cl2Zr-2. The molecule has 5 aromatic carbocycles. The van der Waals surface area contributed by atoms with Crippen molar-refractivity contribution in [1.82, 2.24) is 0 Å². The maximum Gasteiger partial charge on any atom is -0.0255 e. The third kappa shape index (κ3) is 6.26. The number of rotatable bonds is 0. The van der Waals surface area contributed by atoms with Crippen molar-refractivity contribution in [3.8, 4) is 0 Å². The quantitative estimate of drug-likeness (QED) is 0.197. The van der Waals surface area contributed by atoms with Crippen LogP contribution in [0.15, 0.2) is 97.1 Å². The van der Waals surface area contributed by atoms with Crippen LogP contribution in [0, 0.1) is 6.08 Å². The van der Waals surface area contributed by atoms with E-state index in [0.717, 1.165) is 6.42 Å². The van der Waals surface area contributed by atoms with Gasteiger partial charge >= 0.3 is 59.5 Å². The van der Waals surface area contributed by atoms with E-state index in [1.165, 1.54) is 75.2 Å². The van der Waals surface area contributed by atoms with Crippen molar-refractivity contribution in [3.05, 3.63) is 103 Å². The Kier molecular flexibility index (Phi) is 10.6. The van der Waals surface area contributed by atoms with Crippen molar-refractivity contribution >= 4 is 46.3 Å². The van der Waals surface area contributed by atoms with Crippen LogP contribution < -0.4 is 24.8 Å². The van der Waals surface area contributed by atoms with Crippen molar-refractivity contribution < 1.29 is 49.0 Å². The van der Waals surface area contributed by atoms with E-state index in [1.54, 1.807) is 27.4 Å². The van der Waals surface area contributed by atoms with Crippen LogP contribution in [0.3, 0.4) is 0 Å². The van der Waals surface area contributed by atoms with Crippen LogP contribution in [-0.2, 0) is 24.2 Å². The molecule has 0 amide bonds. The van der Waals surface area contributed by atoms with Gasteiger partial charge in [0.05, 0.1) is 0 Å². The summed E-state index contributed by atoms with van der Waals surface area (Å²) in [6.07, 6.45) is 17.3. The van der Waals surface area contributed by atoms with Crippen LogP contribution >= 0.6 is 0 Å². The molecule has 0 nitrogen and oxygen atoms in total. The van der Waals surface area contributed by atoms with E-state index in [0.29, 0.717) is 0 Å². The molecule has 176 valence electrons. The van der Waals surface area contributed by atoms with Gasteiger partial charge in [-0.2, -0.15) is 6.08 Å². The second-order valence-electron chi connectivity index (χ2n) is 8.78. The van der Waals surface area contributed by atoms with Crippen molar-refractivity contribution in [2.24, 2.45) is 0 Å². The first-order valence-corrected chi connectivity index (χ1v) is 13.2. The van der Waals surface area contributed by atoms with E-state index in [4.69, 9.17) is 0 Å². The van der Waals surface area contributed by atoms with Crippen molar-refractivity contribution in [1.29, 1.82) is 0 Å². The summed E-state index contributed by atoms with van der Waals surface area (Å²) >= 11 is 1.69. The molecular weight excluding hydrogens is 546 g/mol. The number of allylic oxidation sites excluding steroid dienone is 4. The second kappa shape index (κ2) is 13.4. The molecule has 35 heavy (non-hydrogen) atoms. The van der Waals surface area contributed by atoms with E-state index in [2.05, 4.69) is 91.0 Å². The third-order valence-electron chi connectivity index (χ3n) is 6.55. The number of hydrogen-bond donors (Lipinski definition) is 0. The largest absolute Gasteiger partial charge is 0.126 e. The zero-order valence-corrected chi connectivity index (χ0v) is 23.7. The molecule has 0 saturated heterocycles. The SMILES string of the molecule is [C-]1=CC=CC1.[Cl-].[Cl-].[Zr+2]=[C]1CCCCC1.c1ccc2c(c1)[cH-]c1c3ccccc3c3ccccc3c21. The molecule has 0 radical (unpaired) electrons. The molecule has 1 saturated carbocycles. The first-order chi connectivity index (χ1) is 16.3. The Balaban J connectivity index is 0.000000204. The van der Waals surface area contributed by atoms with E-state index in [9.17, 15) is 0 Å². The number of hydrogen-bond acceptors (Lipinski definition) is 0. The van der Waals surface area contributed by atoms with Crippen LogP contribution in [0.1, 0.15) is 38.5 Å². The first-order valence-electron chi connectivity index (χ1n) is 12.0. The number of fused-ring (bicyclic) bond motifs is 8. The van der Waals surface area contributed by atoms with Gasteiger partial charge in [0.15, 0.2) is 0 Å². The third-order valence-corrected chi connectivity index (χ3v) is 7.78. The van der Waals surface area contributed by atoms with E-state index >= 15 is 0 Å². The van der Waals surface area contributed by atoms with Gasteiger partial charge in [0.1, 0.15) is 0 Å². The fourth-order valence-electron chi connectivity index (χ4n) is 4.93. The van der Waals surface area contributed by atoms with Crippen LogP contribution in [0.4, 0.5) is 0 Å². The summed E-state index contributed by atoms with van der Waals surface area (Å²) in [4.78, 5) is 0. The van der Waals surface area contributed by atoms with Gasteiger partial charge in [0, 0.05) is 0 Å². The average molecular weight is 575 g/mol. The molecule has 2 aliphatic rings. The van der Waals surface area contributed by atoms with Crippen molar-refractivity contribution in [2.75, 3.05) is 0 Å². The Bertz CT molecular complexity index is 1470. The smallest absolute Gasteiger partial charge is 0.0255 e. The first kappa shape index (κ1) is 27.7. The fraction of sp³-hybridized carbons (Fsp3) is 0.188. The standard InChI is InChI=1S/C21H13.C6H10.C5H5.2ClH.Zr/c1-2-8-15-14(7-1)13-20-18-11-4-3-9-16(18)17-10-5-6-12-19(17)21(15)20;1-2-4-6-5-3-1;1-2-4-5-3-1;;;/h1-13H;1-5H2;1-3H,4H2;2*1H;/q-1;;-1;;;+2/p-2. The molecule has 0 aromatic heterocycles. The van der Waals surface area contributed by atoms with Gasteiger partial charge in [0.25, 0.3) is 0 Å². The summed E-state index contributed by atoms with van der Waals surface area (Å²) in [7, 11) is 0. The maximum atomic E-state index is 2.99. The summed E-state index contributed by atoms with van der Waals surface area (Å²) in [6, 6.07) is 28.5. The molecule has 1 fully saturated rings.